The fourth-order valence-electron chi connectivity index (χ4n) is 0.883. The standard InChI is InChI=1S/C8H8BrN3O3/c9-4-1-2-5(6(13)3-4)7(14)11-12-8(10)15/h1-3,13H,(H,11,14)(H3,10,12,15). The highest BCUT2D eigenvalue weighted by Crippen LogP contribution is 2.21. The SMILES string of the molecule is NC(=O)NNC(=O)c1ccc(Br)cc1O. The maximum absolute atomic E-state index is 11.3. The minimum absolute atomic E-state index is 0.0342. The number of hydrogen-bond donors (Lipinski definition) is 4. The topological polar surface area (TPSA) is 104 Å². The van der Waals surface area contributed by atoms with E-state index in [2.05, 4.69) is 15.9 Å². The number of amides is 3. The van der Waals surface area contributed by atoms with E-state index in [0.29, 0.717) is 4.47 Å². The van der Waals surface area contributed by atoms with Crippen LogP contribution in [0.4, 0.5) is 4.79 Å². The van der Waals surface area contributed by atoms with Gasteiger partial charge in [0.2, 0.25) is 0 Å². The quantitative estimate of drug-likeness (QED) is 0.559. The van der Waals surface area contributed by atoms with Gasteiger partial charge in [0, 0.05) is 4.47 Å². The molecule has 1 aromatic rings. The number of nitrogens with two attached hydrogens (primary N) is 1. The van der Waals surface area contributed by atoms with Crippen molar-refractivity contribution in [3.8, 4) is 5.75 Å². The van der Waals surface area contributed by atoms with Gasteiger partial charge in [0.05, 0.1) is 5.56 Å². The van der Waals surface area contributed by atoms with E-state index in [1.54, 1.807) is 6.07 Å². The third kappa shape index (κ3) is 3.13. The van der Waals surface area contributed by atoms with Crippen molar-refractivity contribution >= 4 is 27.9 Å². The van der Waals surface area contributed by atoms with Crippen molar-refractivity contribution in [1.29, 1.82) is 0 Å². The van der Waals surface area contributed by atoms with Gasteiger partial charge in [-0.1, -0.05) is 15.9 Å². The fraction of sp³-hybridized carbons (Fsp3) is 0. The second-order valence-electron chi connectivity index (χ2n) is 2.60. The first-order valence-electron chi connectivity index (χ1n) is 3.85. The normalized spacial score (nSPS) is 9.40. The maximum Gasteiger partial charge on any atom is 0.330 e. The zero-order valence-electron chi connectivity index (χ0n) is 7.45. The summed E-state index contributed by atoms with van der Waals surface area (Å²) in [6.07, 6.45) is 0. The third-order valence-electron chi connectivity index (χ3n) is 1.50. The molecular formula is C8H8BrN3O3. The summed E-state index contributed by atoms with van der Waals surface area (Å²) in [5.74, 6) is -0.855. The van der Waals surface area contributed by atoms with Gasteiger partial charge in [-0.3, -0.25) is 10.2 Å². The molecule has 80 valence electrons. The van der Waals surface area contributed by atoms with Crippen molar-refractivity contribution in [2.75, 3.05) is 0 Å². The summed E-state index contributed by atoms with van der Waals surface area (Å²) in [4.78, 5) is 21.6. The Balaban J connectivity index is 2.78. The lowest BCUT2D eigenvalue weighted by molar-refractivity contribution is 0.0934. The Labute approximate surface area is 93.6 Å². The van der Waals surface area contributed by atoms with Crippen LogP contribution in [-0.4, -0.2) is 17.0 Å². The van der Waals surface area contributed by atoms with Gasteiger partial charge in [-0.15, -0.1) is 0 Å². The molecule has 0 saturated carbocycles. The first-order chi connectivity index (χ1) is 7.00. The van der Waals surface area contributed by atoms with E-state index in [1.165, 1.54) is 12.1 Å². The van der Waals surface area contributed by atoms with Gasteiger partial charge in [-0.25, -0.2) is 10.2 Å². The van der Waals surface area contributed by atoms with Crippen LogP contribution in [-0.2, 0) is 0 Å². The summed E-state index contributed by atoms with van der Waals surface area (Å²) in [7, 11) is 0. The third-order valence-corrected chi connectivity index (χ3v) is 2.00. The second kappa shape index (κ2) is 4.65. The van der Waals surface area contributed by atoms with Crippen molar-refractivity contribution in [3.63, 3.8) is 0 Å². The number of primary amides is 1. The molecule has 0 radical (unpaired) electrons. The molecule has 0 fully saturated rings. The van der Waals surface area contributed by atoms with E-state index in [1.807, 2.05) is 10.9 Å². The molecule has 0 bridgehead atoms. The van der Waals surface area contributed by atoms with Crippen molar-refractivity contribution in [2.24, 2.45) is 5.73 Å². The van der Waals surface area contributed by atoms with Crippen LogP contribution in [0.15, 0.2) is 22.7 Å². The lowest BCUT2D eigenvalue weighted by Crippen LogP contribution is -2.44. The Morgan fingerprint density at radius 3 is 2.53 bits per heavy atom. The predicted octanol–water partition coefficient (Wildman–Crippen LogP) is 0.468. The number of aromatic hydroxyl groups is 1. The predicted molar refractivity (Wildman–Crippen MR) is 56.0 cm³/mol. The van der Waals surface area contributed by atoms with Crippen LogP contribution >= 0.6 is 15.9 Å². The molecule has 0 aromatic heterocycles. The smallest absolute Gasteiger partial charge is 0.330 e. The number of phenolic OH excluding ortho intramolecular Hbond substituents is 1. The average molecular weight is 274 g/mol. The summed E-state index contributed by atoms with van der Waals surface area (Å²) in [6.45, 7) is 0. The van der Waals surface area contributed by atoms with E-state index >= 15 is 0 Å². The van der Waals surface area contributed by atoms with Gasteiger partial charge in [0.15, 0.2) is 0 Å². The number of urea groups is 1. The number of rotatable bonds is 1. The largest absolute Gasteiger partial charge is 0.507 e. The molecule has 0 aliphatic rings. The minimum atomic E-state index is -0.889. The molecule has 1 aromatic carbocycles. The fourth-order valence-corrected chi connectivity index (χ4v) is 1.23. The van der Waals surface area contributed by atoms with Crippen LogP contribution in [0.1, 0.15) is 10.4 Å². The molecule has 15 heavy (non-hydrogen) atoms. The first kappa shape index (κ1) is 11.3. The van der Waals surface area contributed by atoms with Crippen molar-refractivity contribution < 1.29 is 14.7 Å². The molecular weight excluding hydrogens is 266 g/mol. The van der Waals surface area contributed by atoms with Gasteiger partial charge < -0.3 is 10.8 Å². The second-order valence-corrected chi connectivity index (χ2v) is 3.52. The number of benzene rings is 1. The molecule has 0 aliphatic heterocycles. The number of carbonyl (C=O) groups is 2. The summed E-state index contributed by atoms with van der Waals surface area (Å²) in [5.41, 5.74) is 8.70. The van der Waals surface area contributed by atoms with Crippen LogP contribution < -0.4 is 16.6 Å². The highest BCUT2D eigenvalue weighted by atomic mass is 79.9. The van der Waals surface area contributed by atoms with Crippen molar-refractivity contribution in [2.45, 2.75) is 0 Å². The Hall–Kier alpha value is -1.76. The molecule has 0 atom stereocenters. The molecule has 0 aliphatic carbocycles. The van der Waals surface area contributed by atoms with Crippen LogP contribution in [0.3, 0.4) is 0 Å². The minimum Gasteiger partial charge on any atom is -0.507 e. The molecule has 0 heterocycles. The summed E-state index contributed by atoms with van der Waals surface area (Å²) < 4.78 is 0.638. The highest BCUT2D eigenvalue weighted by molar-refractivity contribution is 9.10. The molecule has 1 rings (SSSR count). The molecule has 6 nitrogen and oxygen atoms in total. The Bertz CT molecular complexity index is 408. The van der Waals surface area contributed by atoms with Crippen LogP contribution in [0, 0.1) is 0 Å². The summed E-state index contributed by atoms with van der Waals surface area (Å²) in [5, 5.41) is 9.39. The zero-order chi connectivity index (χ0) is 11.4. The molecule has 7 heteroatoms. The van der Waals surface area contributed by atoms with E-state index < -0.39 is 11.9 Å². The monoisotopic (exact) mass is 273 g/mol. The number of hydrazine groups is 1. The van der Waals surface area contributed by atoms with Crippen molar-refractivity contribution in [3.05, 3.63) is 28.2 Å². The number of carbonyl (C=O) groups excluding carboxylic acids is 2. The van der Waals surface area contributed by atoms with Gasteiger partial charge in [0.1, 0.15) is 5.75 Å². The van der Waals surface area contributed by atoms with Gasteiger partial charge in [0.25, 0.3) is 5.91 Å². The Morgan fingerprint density at radius 2 is 2.00 bits per heavy atom. The average Bonchev–Trinajstić information content (AvgIpc) is 2.14. The Morgan fingerprint density at radius 1 is 1.33 bits per heavy atom. The lowest BCUT2D eigenvalue weighted by atomic mass is 10.2. The van der Waals surface area contributed by atoms with E-state index in [4.69, 9.17) is 5.73 Å². The number of hydrogen-bond acceptors (Lipinski definition) is 3. The number of phenols is 1. The van der Waals surface area contributed by atoms with Crippen LogP contribution in [0.25, 0.3) is 0 Å². The molecule has 3 amide bonds. The summed E-state index contributed by atoms with van der Waals surface area (Å²) in [6, 6.07) is 3.45. The van der Waals surface area contributed by atoms with Crippen molar-refractivity contribution in [1.82, 2.24) is 10.9 Å². The molecule has 5 N–H and O–H groups in total. The molecule has 0 unspecified atom stereocenters. The van der Waals surface area contributed by atoms with E-state index in [-0.39, 0.29) is 11.3 Å². The van der Waals surface area contributed by atoms with Gasteiger partial charge >= 0.3 is 6.03 Å². The highest BCUT2D eigenvalue weighted by Gasteiger charge is 2.10. The lowest BCUT2D eigenvalue weighted by Gasteiger charge is -2.06. The molecule has 0 saturated heterocycles. The van der Waals surface area contributed by atoms with E-state index in [0.717, 1.165) is 0 Å². The Kier molecular flexibility index (Phi) is 3.51. The van der Waals surface area contributed by atoms with Gasteiger partial charge in [-0.2, -0.15) is 0 Å². The number of nitrogens with one attached hydrogen (secondary N) is 2. The first-order valence-corrected chi connectivity index (χ1v) is 4.64. The van der Waals surface area contributed by atoms with Crippen LogP contribution in [0.5, 0.6) is 5.75 Å². The van der Waals surface area contributed by atoms with Gasteiger partial charge in [-0.05, 0) is 18.2 Å². The maximum atomic E-state index is 11.3. The number of halogens is 1. The zero-order valence-corrected chi connectivity index (χ0v) is 9.04. The van der Waals surface area contributed by atoms with Crippen LogP contribution in [0.2, 0.25) is 0 Å². The summed E-state index contributed by atoms with van der Waals surface area (Å²) >= 11 is 3.13. The molecule has 0 spiro atoms. The van der Waals surface area contributed by atoms with E-state index in [9.17, 15) is 14.7 Å².